The maximum absolute atomic E-state index is 11.4. The molecule has 0 aromatic carbocycles. The molecule has 6 nitrogen and oxygen atoms in total. The second kappa shape index (κ2) is 5.66. The van der Waals surface area contributed by atoms with E-state index in [0.29, 0.717) is 0 Å². The number of hydrogen-bond donors (Lipinski definition) is 2. The van der Waals surface area contributed by atoms with Crippen molar-refractivity contribution in [1.29, 1.82) is 0 Å². The van der Waals surface area contributed by atoms with Crippen LogP contribution in [-0.2, 0) is 4.74 Å². The van der Waals surface area contributed by atoms with Gasteiger partial charge in [-0.3, -0.25) is 4.90 Å². The van der Waals surface area contributed by atoms with Crippen molar-refractivity contribution in [3.8, 4) is 0 Å². The summed E-state index contributed by atoms with van der Waals surface area (Å²) < 4.78 is 5.57. The number of carbonyl (C=O) groups is 1. The van der Waals surface area contributed by atoms with E-state index in [4.69, 9.17) is 9.84 Å². The standard InChI is InChI=1S/C11H21N3O3/c1-9-6-13(7-10(8-15)17-9)4-5-14-3-2-12-11(14)16/h9-10,15H,2-8H2,1H3,(H,12,16). The Morgan fingerprint density at radius 2 is 2.29 bits per heavy atom. The van der Waals surface area contributed by atoms with Crippen molar-refractivity contribution in [2.75, 3.05) is 45.9 Å². The van der Waals surface area contributed by atoms with Crippen LogP contribution < -0.4 is 5.32 Å². The first kappa shape index (κ1) is 12.6. The highest BCUT2D eigenvalue weighted by Crippen LogP contribution is 2.10. The van der Waals surface area contributed by atoms with Gasteiger partial charge in [-0.2, -0.15) is 0 Å². The zero-order chi connectivity index (χ0) is 12.3. The second-order valence-corrected chi connectivity index (χ2v) is 4.73. The number of aliphatic hydroxyl groups excluding tert-OH is 1. The molecule has 2 saturated heterocycles. The molecule has 98 valence electrons. The molecule has 2 N–H and O–H groups in total. The van der Waals surface area contributed by atoms with Gasteiger partial charge in [-0.05, 0) is 6.92 Å². The number of rotatable bonds is 4. The van der Waals surface area contributed by atoms with Crippen LogP contribution in [-0.4, -0.2) is 79.0 Å². The van der Waals surface area contributed by atoms with Gasteiger partial charge in [-0.15, -0.1) is 0 Å². The van der Waals surface area contributed by atoms with Gasteiger partial charge in [0.2, 0.25) is 0 Å². The zero-order valence-corrected chi connectivity index (χ0v) is 10.3. The molecule has 0 bridgehead atoms. The molecular formula is C11H21N3O3. The first-order valence-electron chi connectivity index (χ1n) is 6.20. The first-order chi connectivity index (χ1) is 8.19. The van der Waals surface area contributed by atoms with Crippen LogP contribution in [0.25, 0.3) is 0 Å². The summed E-state index contributed by atoms with van der Waals surface area (Å²) in [5.41, 5.74) is 0. The van der Waals surface area contributed by atoms with E-state index in [2.05, 4.69) is 10.2 Å². The summed E-state index contributed by atoms with van der Waals surface area (Å²) in [4.78, 5) is 15.4. The highest BCUT2D eigenvalue weighted by atomic mass is 16.5. The van der Waals surface area contributed by atoms with E-state index in [1.807, 2.05) is 11.8 Å². The Morgan fingerprint density at radius 1 is 1.47 bits per heavy atom. The average Bonchev–Trinajstić information content (AvgIpc) is 2.71. The van der Waals surface area contributed by atoms with Gasteiger partial charge < -0.3 is 20.1 Å². The molecule has 0 aromatic rings. The number of ether oxygens (including phenoxy) is 1. The zero-order valence-electron chi connectivity index (χ0n) is 10.3. The van der Waals surface area contributed by atoms with Crippen LogP contribution in [0.4, 0.5) is 4.79 Å². The van der Waals surface area contributed by atoms with Crippen LogP contribution in [0.1, 0.15) is 6.92 Å². The number of nitrogens with one attached hydrogen (secondary N) is 1. The minimum absolute atomic E-state index is 0.0324. The van der Waals surface area contributed by atoms with Gasteiger partial charge in [-0.1, -0.05) is 0 Å². The van der Waals surface area contributed by atoms with Gasteiger partial charge in [0.1, 0.15) is 0 Å². The Labute approximate surface area is 102 Å². The maximum atomic E-state index is 11.4. The number of aliphatic hydroxyl groups is 1. The molecule has 6 heteroatoms. The number of urea groups is 1. The van der Waals surface area contributed by atoms with Gasteiger partial charge in [-0.25, -0.2) is 4.79 Å². The first-order valence-corrected chi connectivity index (χ1v) is 6.20. The predicted molar refractivity (Wildman–Crippen MR) is 62.8 cm³/mol. The minimum atomic E-state index is -0.0915. The molecule has 2 heterocycles. The molecule has 0 saturated carbocycles. The molecule has 2 aliphatic heterocycles. The van der Waals surface area contributed by atoms with Crippen molar-refractivity contribution >= 4 is 6.03 Å². The fourth-order valence-electron chi connectivity index (χ4n) is 2.41. The molecule has 17 heavy (non-hydrogen) atoms. The van der Waals surface area contributed by atoms with Crippen LogP contribution in [0.5, 0.6) is 0 Å². The Bertz CT molecular complexity index is 275. The molecule has 2 atom stereocenters. The van der Waals surface area contributed by atoms with Gasteiger partial charge in [0.05, 0.1) is 18.8 Å². The fraction of sp³-hybridized carbons (Fsp3) is 0.909. The molecule has 2 unspecified atom stereocenters. The molecule has 0 radical (unpaired) electrons. The van der Waals surface area contributed by atoms with Crippen molar-refractivity contribution in [1.82, 2.24) is 15.1 Å². The number of hydrogen-bond acceptors (Lipinski definition) is 4. The molecular weight excluding hydrogens is 222 g/mol. The lowest BCUT2D eigenvalue weighted by molar-refractivity contribution is -0.0954. The van der Waals surface area contributed by atoms with Crippen LogP contribution in [0.15, 0.2) is 0 Å². The summed E-state index contributed by atoms with van der Waals surface area (Å²) in [5, 5.41) is 11.9. The molecule has 0 aromatic heterocycles. The summed E-state index contributed by atoms with van der Waals surface area (Å²) in [7, 11) is 0. The lowest BCUT2D eigenvalue weighted by atomic mass is 10.2. The fourth-order valence-corrected chi connectivity index (χ4v) is 2.41. The van der Waals surface area contributed by atoms with Crippen LogP contribution in [0.3, 0.4) is 0 Å². The highest BCUT2D eigenvalue weighted by Gasteiger charge is 2.26. The van der Waals surface area contributed by atoms with Crippen LogP contribution in [0, 0.1) is 0 Å². The van der Waals surface area contributed by atoms with Gasteiger partial charge in [0, 0.05) is 39.3 Å². The quantitative estimate of drug-likeness (QED) is 0.671. The minimum Gasteiger partial charge on any atom is -0.394 e. The monoisotopic (exact) mass is 243 g/mol. The second-order valence-electron chi connectivity index (χ2n) is 4.73. The number of morpholine rings is 1. The molecule has 0 spiro atoms. The van der Waals surface area contributed by atoms with Gasteiger partial charge in [0.15, 0.2) is 0 Å². The smallest absolute Gasteiger partial charge is 0.317 e. The summed E-state index contributed by atoms with van der Waals surface area (Å²) in [5.74, 6) is 0. The molecule has 2 rings (SSSR count). The van der Waals surface area contributed by atoms with Gasteiger partial charge in [0.25, 0.3) is 0 Å². The van der Waals surface area contributed by atoms with E-state index in [9.17, 15) is 4.79 Å². The molecule has 0 aliphatic carbocycles. The van der Waals surface area contributed by atoms with E-state index < -0.39 is 0 Å². The maximum Gasteiger partial charge on any atom is 0.317 e. The molecule has 2 amide bonds. The van der Waals surface area contributed by atoms with Crippen molar-refractivity contribution in [3.63, 3.8) is 0 Å². The molecule has 2 fully saturated rings. The predicted octanol–water partition coefficient (Wildman–Crippen LogP) is -0.907. The lowest BCUT2D eigenvalue weighted by Crippen LogP contribution is -2.50. The normalized spacial score (nSPS) is 30.7. The summed E-state index contributed by atoms with van der Waals surface area (Å²) >= 11 is 0. The van der Waals surface area contributed by atoms with E-state index in [1.165, 1.54) is 0 Å². The SMILES string of the molecule is CC1CN(CCN2CCNC2=O)CC(CO)O1. The summed E-state index contributed by atoms with van der Waals surface area (Å²) in [6.07, 6.45) is 0.0551. The Balaban J connectivity index is 1.76. The third-order valence-corrected chi connectivity index (χ3v) is 3.24. The number of nitrogens with zero attached hydrogens (tertiary/aromatic N) is 2. The summed E-state index contributed by atoms with van der Waals surface area (Å²) in [6.45, 7) is 6.82. The Morgan fingerprint density at radius 3 is 2.94 bits per heavy atom. The van der Waals surface area contributed by atoms with E-state index >= 15 is 0 Å². The Hall–Kier alpha value is -0.850. The van der Waals surface area contributed by atoms with Crippen molar-refractivity contribution < 1.29 is 14.6 Å². The van der Waals surface area contributed by atoms with E-state index in [0.717, 1.165) is 39.3 Å². The van der Waals surface area contributed by atoms with Crippen LogP contribution in [0.2, 0.25) is 0 Å². The molecule has 2 aliphatic rings. The van der Waals surface area contributed by atoms with E-state index in [-0.39, 0.29) is 24.8 Å². The number of carbonyl (C=O) groups excluding carboxylic acids is 1. The van der Waals surface area contributed by atoms with Crippen molar-refractivity contribution in [2.45, 2.75) is 19.1 Å². The average molecular weight is 243 g/mol. The van der Waals surface area contributed by atoms with Crippen molar-refractivity contribution in [2.24, 2.45) is 0 Å². The summed E-state index contributed by atoms with van der Waals surface area (Å²) in [6, 6.07) is 0.0324. The Kier molecular flexibility index (Phi) is 4.20. The largest absolute Gasteiger partial charge is 0.394 e. The third kappa shape index (κ3) is 3.31. The van der Waals surface area contributed by atoms with Gasteiger partial charge >= 0.3 is 6.03 Å². The van der Waals surface area contributed by atoms with E-state index in [1.54, 1.807) is 0 Å². The highest BCUT2D eigenvalue weighted by molar-refractivity contribution is 5.76. The number of amides is 2. The topological polar surface area (TPSA) is 65.0 Å². The lowest BCUT2D eigenvalue weighted by Gasteiger charge is -2.36. The van der Waals surface area contributed by atoms with Crippen molar-refractivity contribution in [3.05, 3.63) is 0 Å². The third-order valence-electron chi connectivity index (χ3n) is 3.24. The van der Waals surface area contributed by atoms with Crippen LogP contribution >= 0.6 is 0 Å².